The molecular weight excluding hydrogens is 248 g/mol. The first-order valence-electron chi connectivity index (χ1n) is 6.46. The third-order valence-electron chi connectivity index (χ3n) is 5.07. The Morgan fingerprint density at radius 3 is 2.39 bits per heavy atom. The number of hydrazine groups is 1. The smallest absolute Gasteiger partial charge is 0.0834 e. The molecule has 1 fully saturated rings. The maximum absolute atomic E-state index is 6.28. The van der Waals surface area contributed by atoms with Gasteiger partial charge >= 0.3 is 0 Å². The van der Waals surface area contributed by atoms with Crippen LogP contribution in [-0.4, -0.2) is 9.78 Å². The number of halogens is 1. The van der Waals surface area contributed by atoms with Crippen molar-refractivity contribution in [2.45, 2.75) is 47.2 Å². The van der Waals surface area contributed by atoms with Crippen molar-refractivity contribution in [1.82, 2.24) is 15.2 Å². The second kappa shape index (κ2) is 4.22. The van der Waals surface area contributed by atoms with Crippen LogP contribution >= 0.6 is 11.6 Å². The largest absolute Gasteiger partial charge is 0.271 e. The first-order chi connectivity index (χ1) is 8.29. The molecule has 102 valence electrons. The highest BCUT2D eigenvalue weighted by Gasteiger charge is 2.67. The van der Waals surface area contributed by atoms with Gasteiger partial charge < -0.3 is 0 Å². The average molecular weight is 271 g/mol. The summed E-state index contributed by atoms with van der Waals surface area (Å²) >= 11 is 6.28. The molecule has 0 radical (unpaired) electrons. The van der Waals surface area contributed by atoms with Crippen molar-refractivity contribution in [2.24, 2.45) is 22.6 Å². The molecule has 1 aliphatic rings. The van der Waals surface area contributed by atoms with Crippen LogP contribution in [0.5, 0.6) is 0 Å². The molecular formula is C13H23ClN4. The lowest BCUT2D eigenvalue weighted by molar-refractivity contribution is 0.389. The number of aryl methyl sites for hydroxylation is 1. The Morgan fingerprint density at radius 1 is 1.44 bits per heavy atom. The fraction of sp³-hybridized carbons (Fsp3) is 0.769. The lowest BCUT2D eigenvalue weighted by atomic mass is 10.0. The lowest BCUT2D eigenvalue weighted by Crippen LogP contribution is -2.33. The van der Waals surface area contributed by atoms with E-state index in [1.165, 1.54) is 0 Å². The van der Waals surface area contributed by atoms with Crippen LogP contribution in [0.3, 0.4) is 0 Å². The number of hydrogen-bond donors (Lipinski definition) is 2. The second-order valence-corrected chi connectivity index (χ2v) is 6.67. The molecule has 4 nitrogen and oxygen atoms in total. The summed E-state index contributed by atoms with van der Waals surface area (Å²) in [6, 6.07) is 0.0462. The number of nitrogens with one attached hydrogen (secondary N) is 1. The highest BCUT2D eigenvalue weighted by Crippen LogP contribution is 2.72. The summed E-state index contributed by atoms with van der Waals surface area (Å²) in [6.07, 6.45) is 1.70. The van der Waals surface area contributed by atoms with Crippen LogP contribution in [0.15, 0.2) is 6.20 Å². The minimum Gasteiger partial charge on any atom is -0.271 e. The van der Waals surface area contributed by atoms with Crippen molar-refractivity contribution < 1.29 is 0 Å². The molecule has 0 aliphatic heterocycles. The molecule has 0 saturated heterocycles. The summed E-state index contributed by atoms with van der Waals surface area (Å²) in [6.45, 7) is 12.0. The number of rotatable bonds is 4. The van der Waals surface area contributed by atoms with Gasteiger partial charge in [0.2, 0.25) is 0 Å². The molecule has 0 spiro atoms. The highest BCUT2D eigenvalue weighted by atomic mass is 35.5. The molecule has 2 rings (SSSR count). The van der Waals surface area contributed by atoms with Crippen LogP contribution in [0, 0.1) is 16.7 Å². The quantitative estimate of drug-likeness (QED) is 0.653. The zero-order chi connectivity index (χ0) is 13.7. The summed E-state index contributed by atoms with van der Waals surface area (Å²) in [5.74, 6) is 6.24. The maximum Gasteiger partial charge on any atom is 0.0834 e. The van der Waals surface area contributed by atoms with Gasteiger partial charge in [0.25, 0.3) is 0 Å². The van der Waals surface area contributed by atoms with E-state index in [2.05, 4.69) is 45.1 Å². The topological polar surface area (TPSA) is 55.9 Å². The molecule has 1 unspecified atom stereocenters. The Labute approximate surface area is 114 Å². The zero-order valence-electron chi connectivity index (χ0n) is 11.8. The zero-order valence-corrected chi connectivity index (χ0v) is 12.5. The second-order valence-electron chi connectivity index (χ2n) is 6.26. The van der Waals surface area contributed by atoms with Crippen molar-refractivity contribution in [3.05, 3.63) is 16.9 Å². The van der Waals surface area contributed by atoms with Gasteiger partial charge in [-0.05, 0) is 23.7 Å². The van der Waals surface area contributed by atoms with Gasteiger partial charge in [-0.15, -0.1) is 0 Å². The van der Waals surface area contributed by atoms with E-state index in [4.69, 9.17) is 17.4 Å². The molecule has 1 atom stereocenters. The monoisotopic (exact) mass is 270 g/mol. The predicted molar refractivity (Wildman–Crippen MR) is 74.0 cm³/mol. The minimum atomic E-state index is 0.0462. The summed E-state index contributed by atoms with van der Waals surface area (Å²) in [5.41, 5.74) is 4.45. The molecule has 0 bridgehead atoms. The Morgan fingerprint density at radius 2 is 2.00 bits per heavy atom. The Balaban J connectivity index is 2.39. The number of aromatic nitrogens is 2. The van der Waals surface area contributed by atoms with Crippen molar-refractivity contribution in [3.8, 4) is 0 Å². The van der Waals surface area contributed by atoms with Crippen LogP contribution in [0.25, 0.3) is 0 Å². The summed E-state index contributed by atoms with van der Waals surface area (Å²) in [5, 5.41) is 4.99. The van der Waals surface area contributed by atoms with Crippen molar-refractivity contribution in [2.75, 3.05) is 0 Å². The first-order valence-corrected chi connectivity index (χ1v) is 6.84. The molecule has 0 aromatic carbocycles. The van der Waals surface area contributed by atoms with Crippen molar-refractivity contribution >= 4 is 11.6 Å². The van der Waals surface area contributed by atoms with Crippen LogP contribution in [0.4, 0.5) is 0 Å². The van der Waals surface area contributed by atoms with Gasteiger partial charge in [0.1, 0.15) is 0 Å². The van der Waals surface area contributed by atoms with E-state index in [1.54, 1.807) is 6.20 Å². The third-order valence-corrected chi connectivity index (χ3v) is 5.36. The van der Waals surface area contributed by atoms with Crippen LogP contribution in [0.2, 0.25) is 5.02 Å². The van der Waals surface area contributed by atoms with Gasteiger partial charge in [0.15, 0.2) is 0 Å². The van der Waals surface area contributed by atoms with E-state index >= 15 is 0 Å². The van der Waals surface area contributed by atoms with E-state index in [1.807, 2.05) is 4.68 Å². The van der Waals surface area contributed by atoms with Gasteiger partial charge in [-0.1, -0.05) is 39.3 Å². The van der Waals surface area contributed by atoms with Crippen LogP contribution in [-0.2, 0) is 6.54 Å². The molecule has 1 heterocycles. The Kier molecular flexibility index (Phi) is 3.24. The summed E-state index contributed by atoms with van der Waals surface area (Å²) < 4.78 is 1.93. The average Bonchev–Trinajstić information content (AvgIpc) is 2.62. The van der Waals surface area contributed by atoms with E-state index in [0.717, 1.165) is 12.2 Å². The van der Waals surface area contributed by atoms with Gasteiger partial charge in [0, 0.05) is 6.54 Å². The summed E-state index contributed by atoms with van der Waals surface area (Å²) in [4.78, 5) is 0. The molecule has 1 aromatic rings. The van der Waals surface area contributed by atoms with Gasteiger partial charge in [0.05, 0.1) is 23.0 Å². The van der Waals surface area contributed by atoms with Crippen molar-refractivity contribution in [1.29, 1.82) is 0 Å². The van der Waals surface area contributed by atoms with Crippen LogP contribution < -0.4 is 11.3 Å². The van der Waals surface area contributed by atoms with E-state index in [9.17, 15) is 0 Å². The molecule has 1 saturated carbocycles. The fourth-order valence-corrected chi connectivity index (χ4v) is 3.61. The normalized spacial score (nSPS) is 23.1. The van der Waals surface area contributed by atoms with Gasteiger partial charge in [-0.3, -0.25) is 16.0 Å². The number of nitrogens with two attached hydrogens (primary N) is 1. The minimum absolute atomic E-state index is 0.0462. The molecule has 1 aromatic heterocycles. The Bertz CT molecular complexity index is 436. The maximum atomic E-state index is 6.28. The SMILES string of the molecule is CCn1ncc(Cl)c1C(NN)C1C(C)(C)C1(C)C. The molecule has 3 N–H and O–H groups in total. The standard InChI is InChI=1S/C13H23ClN4/c1-6-18-10(8(14)7-16-18)9(17-15)11-12(2,3)13(11,4)5/h7,9,11,17H,6,15H2,1-5H3. The Hall–Kier alpha value is -0.580. The summed E-state index contributed by atoms with van der Waals surface area (Å²) in [7, 11) is 0. The molecule has 0 amide bonds. The first kappa shape index (κ1) is 13.8. The predicted octanol–water partition coefficient (Wildman–Crippen LogP) is 2.74. The molecule has 1 aliphatic carbocycles. The van der Waals surface area contributed by atoms with Crippen molar-refractivity contribution in [3.63, 3.8) is 0 Å². The van der Waals surface area contributed by atoms with E-state index in [0.29, 0.717) is 10.9 Å². The van der Waals surface area contributed by atoms with Crippen LogP contribution in [0.1, 0.15) is 46.4 Å². The van der Waals surface area contributed by atoms with Gasteiger partial charge in [-0.25, -0.2) is 0 Å². The fourth-order valence-electron chi connectivity index (χ4n) is 3.35. The lowest BCUT2D eigenvalue weighted by Gasteiger charge is -2.20. The third kappa shape index (κ3) is 1.70. The number of nitrogens with zero attached hydrogens (tertiary/aromatic N) is 2. The molecule has 5 heteroatoms. The highest BCUT2D eigenvalue weighted by molar-refractivity contribution is 6.31. The molecule has 18 heavy (non-hydrogen) atoms. The number of hydrogen-bond acceptors (Lipinski definition) is 3. The van der Waals surface area contributed by atoms with E-state index in [-0.39, 0.29) is 16.9 Å². The van der Waals surface area contributed by atoms with E-state index < -0.39 is 0 Å². The van der Waals surface area contributed by atoms with Gasteiger partial charge in [-0.2, -0.15) is 5.10 Å².